The summed E-state index contributed by atoms with van der Waals surface area (Å²) in [7, 11) is 3.42. The van der Waals surface area contributed by atoms with Gasteiger partial charge in [-0.15, -0.1) is 0 Å². The Morgan fingerprint density at radius 1 is 1.26 bits per heavy atom. The third-order valence-corrected chi connectivity index (χ3v) is 7.10. The molecule has 1 saturated carbocycles. The monoisotopic (exact) mass is 475 g/mol. The molecule has 182 valence electrons. The Bertz CT molecular complexity index is 1410. The second-order valence-corrected chi connectivity index (χ2v) is 9.26. The Morgan fingerprint density at radius 3 is 2.83 bits per heavy atom. The molecule has 10 heteroatoms. The number of methoxy groups -OCH3 is 1. The highest BCUT2D eigenvalue weighted by atomic mass is 16.5. The van der Waals surface area contributed by atoms with E-state index in [4.69, 9.17) is 9.84 Å². The molecule has 3 atom stereocenters. The number of ether oxygens (including phenoxy) is 1. The maximum Gasteiger partial charge on any atom is 0.259 e. The number of carbonyl (C=O) groups is 2. The molecule has 1 aliphatic rings. The van der Waals surface area contributed by atoms with Crippen molar-refractivity contribution in [3.63, 3.8) is 0 Å². The molecule has 1 N–H and O–H groups in total. The molecular weight excluding hydrogens is 446 g/mol. The van der Waals surface area contributed by atoms with Gasteiger partial charge in [0.15, 0.2) is 5.65 Å². The van der Waals surface area contributed by atoms with Crippen LogP contribution in [0.1, 0.15) is 49.5 Å². The lowest BCUT2D eigenvalue weighted by Crippen LogP contribution is -2.41. The first-order valence-electron chi connectivity index (χ1n) is 11.8. The van der Waals surface area contributed by atoms with Crippen LogP contribution >= 0.6 is 0 Å². The number of nitrogens with zero attached hydrogens (tertiary/aromatic N) is 6. The third kappa shape index (κ3) is 4.20. The third-order valence-electron chi connectivity index (χ3n) is 7.10. The number of anilines is 1. The summed E-state index contributed by atoms with van der Waals surface area (Å²) in [6.45, 7) is 3.82. The molecule has 35 heavy (non-hydrogen) atoms. The van der Waals surface area contributed by atoms with Gasteiger partial charge in [0.1, 0.15) is 11.4 Å². The zero-order valence-corrected chi connectivity index (χ0v) is 20.3. The minimum absolute atomic E-state index is 0.100. The highest BCUT2D eigenvalue weighted by Crippen LogP contribution is 2.37. The van der Waals surface area contributed by atoms with Gasteiger partial charge in [-0.05, 0) is 37.3 Å². The van der Waals surface area contributed by atoms with Crippen molar-refractivity contribution in [2.24, 2.45) is 5.92 Å². The SMILES string of the molecule is COc1cc2nn([C@H]3CCC(N(C)C(C)=O)C[C@@H]3C)cc2cc1C(=O)Nc1cnn2cccnc12. The fourth-order valence-corrected chi connectivity index (χ4v) is 5.05. The number of carbonyl (C=O) groups excluding carboxylic acids is 2. The van der Waals surface area contributed by atoms with Gasteiger partial charge in [0.05, 0.1) is 30.4 Å². The average Bonchev–Trinajstić information content (AvgIpc) is 3.46. The Balaban J connectivity index is 1.40. The lowest BCUT2D eigenvalue weighted by Gasteiger charge is -2.38. The Morgan fingerprint density at radius 2 is 2.09 bits per heavy atom. The van der Waals surface area contributed by atoms with Gasteiger partial charge < -0.3 is 15.0 Å². The van der Waals surface area contributed by atoms with E-state index >= 15 is 0 Å². The van der Waals surface area contributed by atoms with Crippen molar-refractivity contribution in [3.8, 4) is 5.75 Å². The molecule has 0 saturated heterocycles. The molecule has 2 amide bonds. The summed E-state index contributed by atoms with van der Waals surface area (Å²) in [4.78, 5) is 31.1. The number of fused-ring (bicyclic) bond motifs is 2. The van der Waals surface area contributed by atoms with E-state index < -0.39 is 0 Å². The largest absolute Gasteiger partial charge is 0.496 e. The summed E-state index contributed by atoms with van der Waals surface area (Å²) in [5.74, 6) is 0.601. The van der Waals surface area contributed by atoms with Gasteiger partial charge in [-0.2, -0.15) is 10.2 Å². The van der Waals surface area contributed by atoms with E-state index in [1.807, 2.05) is 28.9 Å². The molecule has 1 aliphatic carbocycles. The van der Waals surface area contributed by atoms with Crippen LogP contribution in [0.3, 0.4) is 0 Å². The number of nitrogens with one attached hydrogen (secondary N) is 1. The van der Waals surface area contributed by atoms with Crippen molar-refractivity contribution in [2.45, 2.75) is 45.2 Å². The molecule has 10 nitrogen and oxygen atoms in total. The summed E-state index contributed by atoms with van der Waals surface area (Å²) >= 11 is 0. The number of hydrogen-bond donors (Lipinski definition) is 1. The molecule has 3 aromatic heterocycles. The second kappa shape index (κ2) is 9.01. The molecule has 1 unspecified atom stereocenters. The van der Waals surface area contributed by atoms with Crippen molar-refractivity contribution in [1.29, 1.82) is 0 Å². The first kappa shape index (κ1) is 22.8. The maximum absolute atomic E-state index is 13.2. The van der Waals surface area contributed by atoms with E-state index in [9.17, 15) is 9.59 Å². The minimum Gasteiger partial charge on any atom is -0.496 e. The van der Waals surface area contributed by atoms with Crippen LogP contribution in [0.2, 0.25) is 0 Å². The number of hydrogen-bond acceptors (Lipinski definition) is 6. The summed E-state index contributed by atoms with van der Waals surface area (Å²) in [5.41, 5.74) is 2.27. The normalized spacial score (nSPS) is 20.2. The molecule has 0 spiro atoms. The van der Waals surface area contributed by atoms with Crippen molar-refractivity contribution in [3.05, 3.63) is 48.5 Å². The zero-order valence-electron chi connectivity index (χ0n) is 20.3. The molecule has 4 aromatic rings. The predicted molar refractivity (Wildman–Crippen MR) is 132 cm³/mol. The molecule has 1 aromatic carbocycles. The lowest BCUT2D eigenvalue weighted by atomic mass is 9.82. The smallest absolute Gasteiger partial charge is 0.259 e. The number of benzene rings is 1. The first-order valence-corrected chi connectivity index (χ1v) is 11.8. The van der Waals surface area contributed by atoms with Crippen LogP contribution in [0, 0.1) is 5.92 Å². The van der Waals surface area contributed by atoms with Gasteiger partial charge in [0, 0.05) is 50.1 Å². The topological polar surface area (TPSA) is 107 Å². The quantitative estimate of drug-likeness (QED) is 0.473. The summed E-state index contributed by atoms with van der Waals surface area (Å²) in [5, 5.41) is 12.8. The van der Waals surface area contributed by atoms with Crippen molar-refractivity contribution in [1.82, 2.24) is 29.3 Å². The molecule has 5 rings (SSSR count). The molecule has 0 bridgehead atoms. The molecule has 1 fully saturated rings. The van der Waals surface area contributed by atoms with E-state index in [1.54, 1.807) is 49.3 Å². The van der Waals surface area contributed by atoms with Crippen LogP contribution in [0.5, 0.6) is 5.75 Å². The number of amides is 2. The number of rotatable bonds is 5. The van der Waals surface area contributed by atoms with Crippen LogP contribution in [0.4, 0.5) is 5.69 Å². The molecule has 3 heterocycles. The summed E-state index contributed by atoms with van der Waals surface area (Å²) in [6.07, 6.45) is 9.80. The highest BCUT2D eigenvalue weighted by Gasteiger charge is 2.32. The maximum atomic E-state index is 13.2. The van der Waals surface area contributed by atoms with Gasteiger partial charge in [0.25, 0.3) is 5.91 Å². The van der Waals surface area contributed by atoms with Crippen molar-refractivity contribution >= 4 is 34.1 Å². The molecule has 0 aliphatic heterocycles. The van der Waals surface area contributed by atoms with Gasteiger partial charge in [-0.3, -0.25) is 14.3 Å². The van der Waals surface area contributed by atoms with E-state index in [-0.39, 0.29) is 23.9 Å². The van der Waals surface area contributed by atoms with Crippen LogP contribution in [-0.2, 0) is 4.79 Å². The summed E-state index contributed by atoms with van der Waals surface area (Å²) < 4.78 is 9.15. The van der Waals surface area contributed by atoms with Crippen molar-refractivity contribution in [2.75, 3.05) is 19.5 Å². The van der Waals surface area contributed by atoms with Gasteiger partial charge >= 0.3 is 0 Å². The van der Waals surface area contributed by atoms with E-state index in [2.05, 4.69) is 22.3 Å². The lowest BCUT2D eigenvalue weighted by molar-refractivity contribution is -0.130. The predicted octanol–water partition coefficient (Wildman–Crippen LogP) is 3.55. The Hall–Kier alpha value is -3.95. The fourth-order valence-electron chi connectivity index (χ4n) is 5.05. The average molecular weight is 476 g/mol. The fraction of sp³-hybridized carbons (Fsp3) is 0.400. The highest BCUT2D eigenvalue weighted by molar-refractivity contribution is 6.09. The van der Waals surface area contributed by atoms with Crippen LogP contribution < -0.4 is 10.1 Å². The van der Waals surface area contributed by atoms with Crippen LogP contribution in [0.15, 0.2) is 43.0 Å². The number of aromatic nitrogens is 5. The van der Waals surface area contributed by atoms with E-state index in [0.29, 0.717) is 28.6 Å². The minimum atomic E-state index is -0.307. The zero-order chi connectivity index (χ0) is 24.7. The second-order valence-electron chi connectivity index (χ2n) is 9.26. The molecule has 0 radical (unpaired) electrons. The van der Waals surface area contributed by atoms with Gasteiger partial charge in [-0.25, -0.2) is 9.50 Å². The van der Waals surface area contributed by atoms with Crippen LogP contribution in [0.25, 0.3) is 16.6 Å². The van der Waals surface area contributed by atoms with E-state index in [0.717, 1.165) is 30.2 Å². The van der Waals surface area contributed by atoms with Gasteiger partial charge in [0.2, 0.25) is 5.91 Å². The van der Waals surface area contributed by atoms with Crippen LogP contribution in [-0.4, -0.2) is 61.3 Å². The van der Waals surface area contributed by atoms with Crippen molar-refractivity contribution < 1.29 is 14.3 Å². The van der Waals surface area contributed by atoms with E-state index in [1.165, 1.54) is 0 Å². The molecular formula is C25H29N7O3. The first-order chi connectivity index (χ1) is 16.9. The summed E-state index contributed by atoms with van der Waals surface area (Å²) in [6, 6.07) is 5.87. The Labute approximate surface area is 202 Å². The standard InChI is InChI=1S/C25H29N7O3/c1-15-10-18(30(3)16(2)33)6-7-22(15)32-14-17-11-19(23(35-4)12-20(17)29-32)25(34)28-21-13-27-31-9-5-8-26-24(21)31/h5,8-9,11-15,18,22H,6-7,10H2,1-4H3,(H,28,34)/t15-,18?,22-/m0/s1. The van der Waals surface area contributed by atoms with Gasteiger partial charge in [-0.1, -0.05) is 6.92 Å². The Kier molecular flexibility index (Phi) is 5.88.